The van der Waals surface area contributed by atoms with E-state index in [2.05, 4.69) is 5.32 Å². The first-order chi connectivity index (χ1) is 12.0. The Kier molecular flexibility index (Phi) is 6.22. The fraction of sp³-hybridized carbons (Fsp3) is 0.222. The van der Waals surface area contributed by atoms with Gasteiger partial charge in [0.25, 0.3) is 5.69 Å². The minimum Gasteiger partial charge on any atom is -0.485 e. The maximum absolute atomic E-state index is 12.1. The summed E-state index contributed by atoms with van der Waals surface area (Å²) in [5.74, 6) is -0.0283. The SMILES string of the molecule is CC(=O)NCCc1ccc(C(=O)COc2cccc([N+](=O)[O-])c2)cc1. The Hall–Kier alpha value is -3.22. The zero-order chi connectivity index (χ0) is 18.2. The maximum atomic E-state index is 12.1. The lowest BCUT2D eigenvalue weighted by molar-refractivity contribution is -0.384. The summed E-state index contributed by atoms with van der Waals surface area (Å²) in [5.41, 5.74) is 1.41. The second-order valence-electron chi connectivity index (χ2n) is 5.40. The zero-order valence-electron chi connectivity index (χ0n) is 13.7. The molecule has 0 fully saturated rings. The normalized spacial score (nSPS) is 10.1. The quantitative estimate of drug-likeness (QED) is 0.451. The second-order valence-corrected chi connectivity index (χ2v) is 5.40. The third-order valence-electron chi connectivity index (χ3n) is 3.46. The molecule has 0 radical (unpaired) electrons. The number of rotatable bonds is 8. The first-order valence-corrected chi connectivity index (χ1v) is 7.69. The van der Waals surface area contributed by atoms with Gasteiger partial charge in [0.05, 0.1) is 11.0 Å². The average molecular weight is 342 g/mol. The highest BCUT2D eigenvalue weighted by Crippen LogP contribution is 2.19. The number of nitrogens with zero attached hydrogens (tertiary/aromatic N) is 1. The molecule has 0 unspecified atom stereocenters. The first kappa shape index (κ1) is 18.1. The highest BCUT2D eigenvalue weighted by molar-refractivity contribution is 5.97. The number of Topliss-reactive ketones (excluding diaryl/α,β-unsaturated/α-hetero) is 1. The monoisotopic (exact) mass is 342 g/mol. The number of nitrogens with one attached hydrogen (secondary N) is 1. The van der Waals surface area contributed by atoms with Gasteiger partial charge < -0.3 is 10.1 Å². The van der Waals surface area contributed by atoms with Gasteiger partial charge in [0.2, 0.25) is 5.91 Å². The molecule has 1 amide bonds. The minimum absolute atomic E-state index is 0.0786. The summed E-state index contributed by atoms with van der Waals surface area (Å²) in [6.07, 6.45) is 0.679. The largest absolute Gasteiger partial charge is 0.485 e. The maximum Gasteiger partial charge on any atom is 0.273 e. The second kappa shape index (κ2) is 8.58. The van der Waals surface area contributed by atoms with Crippen molar-refractivity contribution in [3.8, 4) is 5.75 Å². The third kappa shape index (κ3) is 5.72. The van der Waals surface area contributed by atoms with E-state index in [0.717, 1.165) is 5.56 Å². The predicted octanol–water partition coefficient (Wildman–Crippen LogP) is 2.54. The molecule has 0 spiro atoms. The number of hydrogen-bond donors (Lipinski definition) is 1. The highest BCUT2D eigenvalue weighted by atomic mass is 16.6. The molecular formula is C18H18N2O5. The van der Waals surface area contributed by atoms with Crippen molar-refractivity contribution >= 4 is 17.4 Å². The Morgan fingerprint density at radius 3 is 2.52 bits per heavy atom. The van der Waals surface area contributed by atoms with Gasteiger partial charge in [-0.3, -0.25) is 19.7 Å². The van der Waals surface area contributed by atoms with E-state index in [-0.39, 0.29) is 29.7 Å². The zero-order valence-corrected chi connectivity index (χ0v) is 13.7. The summed E-state index contributed by atoms with van der Waals surface area (Å²) in [5, 5.41) is 13.4. The topological polar surface area (TPSA) is 98.5 Å². The molecule has 7 nitrogen and oxygen atoms in total. The smallest absolute Gasteiger partial charge is 0.273 e. The standard InChI is InChI=1S/C18H18N2O5/c1-13(21)19-10-9-14-5-7-15(8-6-14)18(22)12-25-17-4-2-3-16(11-17)20(23)24/h2-8,11H,9-10,12H2,1H3,(H,19,21). The van der Waals surface area contributed by atoms with E-state index in [1.807, 2.05) is 12.1 Å². The highest BCUT2D eigenvalue weighted by Gasteiger charge is 2.10. The molecule has 2 aromatic carbocycles. The van der Waals surface area contributed by atoms with Crippen molar-refractivity contribution in [3.63, 3.8) is 0 Å². The number of nitro groups is 1. The van der Waals surface area contributed by atoms with E-state index in [1.165, 1.54) is 25.1 Å². The molecule has 0 aliphatic heterocycles. The van der Waals surface area contributed by atoms with Gasteiger partial charge in [0.1, 0.15) is 5.75 Å². The summed E-state index contributed by atoms with van der Waals surface area (Å²) < 4.78 is 5.33. The molecule has 2 rings (SSSR count). The molecule has 0 atom stereocenters. The molecule has 0 saturated carbocycles. The van der Waals surface area contributed by atoms with Crippen LogP contribution in [-0.4, -0.2) is 29.8 Å². The van der Waals surface area contributed by atoms with Gasteiger partial charge in [-0.15, -0.1) is 0 Å². The van der Waals surface area contributed by atoms with Crippen LogP contribution in [0.3, 0.4) is 0 Å². The van der Waals surface area contributed by atoms with Crippen LogP contribution in [0.1, 0.15) is 22.8 Å². The molecule has 0 saturated heterocycles. The van der Waals surface area contributed by atoms with Crippen LogP contribution < -0.4 is 10.1 Å². The van der Waals surface area contributed by atoms with Gasteiger partial charge in [-0.25, -0.2) is 0 Å². The van der Waals surface area contributed by atoms with Crippen LogP contribution in [0.2, 0.25) is 0 Å². The van der Waals surface area contributed by atoms with E-state index in [1.54, 1.807) is 18.2 Å². The lowest BCUT2D eigenvalue weighted by Crippen LogP contribution is -2.22. The first-order valence-electron chi connectivity index (χ1n) is 7.69. The van der Waals surface area contributed by atoms with Crippen molar-refractivity contribution in [2.24, 2.45) is 0 Å². The number of ether oxygens (including phenoxy) is 1. The number of carbonyl (C=O) groups is 2. The molecule has 0 bridgehead atoms. The van der Waals surface area contributed by atoms with Crippen LogP contribution in [0.15, 0.2) is 48.5 Å². The van der Waals surface area contributed by atoms with Crippen molar-refractivity contribution < 1.29 is 19.2 Å². The molecular weight excluding hydrogens is 324 g/mol. The number of amides is 1. The fourth-order valence-electron chi connectivity index (χ4n) is 2.16. The Balaban J connectivity index is 1.89. The van der Waals surface area contributed by atoms with E-state index >= 15 is 0 Å². The molecule has 0 aliphatic carbocycles. The van der Waals surface area contributed by atoms with Crippen LogP contribution in [-0.2, 0) is 11.2 Å². The van der Waals surface area contributed by atoms with E-state index < -0.39 is 4.92 Å². The molecule has 2 aromatic rings. The van der Waals surface area contributed by atoms with Crippen LogP contribution in [0.4, 0.5) is 5.69 Å². The Bertz CT molecular complexity index is 771. The van der Waals surface area contributed by atoms with Crippen molar-refractivity contribution in [2.45, 2.75) is 13.3 Å². The summed E-state index contributed by atoms with van der Waals surface area (Å²) in [7, 11) is 0. The summed E-state index contributed by atoms with van der Waals surface area (Å²) in [6, 6.07) is 12.7. The summed E-state index contributed by atoms with van der Waals surface area (Å²) in [4.78, 5) is 33.2. The van der Waals surface area contributed by atoms with Gasteiger partial charge in [0.15, 0.2) is 12.4 Å². The van der Waals surface area contributed by atoms with E-state index in [9.17, 15) is 19.7 Å². The number of nitro benzene ring substituents is 1. The lowest BCUT2D eigenvalue weighted by Gasteiger charge is -2.07. The van der Waals surface area contributed by atoms with Gasteiger partial charge in [0, 0.05) is 25.1 Å². The van der Waals surface area contributed by atoms with Crippen LogP contribution in [0.5, 0.6) is 5.75 Å². The molecule has 25 heavy (non-hydrogen) atoms. The van der Waals surface area contributed by atoms with Crippen molar-refractivity contribution in [3.05, 3.63) is 69.8 Å². The Morgan fingerprint density at radius 2 is 1.88 bits per heavy atom. The minimum atomic E-state index is -0.519. The number of carbonyl (C=O) groups excluding carboxylic acids is 2. The van der Waals surface area contributed by atoms with E-state index in [0.29, 0.717) is 18.5 Å². The number of hydrogen-bond acceptors (Lipinski definition) is 5. The van der Waals surface area contributed by atoms with Crippen LogP contribution in [0.25, 0.3) is 0 Å². The molecule has 0 heterocycles. The van der Waals surface area contributed by atoms with Gasteiger partial charge in [-0.1, -0.05) is 30.3 Å². The molecule has 0 aromatic heterocycles. The Labute approximate surface area is 144 Å². The molecule has 130 valence electrons. The van der Waals surface area contributed by atoms with Crippen molar-refractivity contribution in [1.29, 1.82) is 0 Å². The third-order valence-corrected chi connectivity index (χ3v) is 3.46. The van der Waals surface area contributed by atoms with Gasteiger partial charge in [-0.05, 0) is 18.1 Å². The predicted molar refractivity (Wildman–Crippen MR) is 91.8 cm³/mol. The average Bonchev–Trinajstić information content (AvgIpc) is 2.60. The van der Waals surface area contributed by atoms with Crippen LogP contribution >= 0.6 is 0 Å². The number of benzene rings is 2. The Morgan fingerprint density at radius 1 is 1.16 bits per heavy atom. The summed E-state index contributed by atoms with van der Waals surface area (Å²) >= 11 is 0. The van der Waals surface area contributed by atoms with Crippen molar-refractivity contribution in [1.82, 2.24) is 5.32 Å². The lowest BCUT2D eigenvalue weighted by atomic mass is 10.1. The number of non-ortho nitro benzene ring substituents is 1. The number of ketones is 1. The van der Waals surface area contributed by atoms with Crippen molar-refractivity contribution in [2.75, 3.05) is 13.2 Å². The van der Waals surface area contributed by atoms with Gasteiger partial charge in [-0.2, -0.15) is 0 Å². The fourth-order valence-corrected chi connectivity index (χ4v) is 2.16. The van der Waals surface area contributed by atoms with Crippen LogP contribution in [0, 0.1) is 10.1 Å². The summed E-state index contributed by atoms with van der Waals surface area (Å²) in [6.45, 7) is 1.80. The van der Waals surface area contributed by atoms with E-state index in [4.69, 9.17) is 4.74 Å². The molecule has 1 N–H and O–H groups in total. The van der Waals surface area contributed by atoms with Gasteiger partial charge >= 0.3 is 0 Å². The molecule has 0 aliphatic rings. The molecule has 7 heteroatoms.